The molecule has 2 heterocycles. The topological polar surface area (TPSA) is 81.5 Å². The van der Waals surface area contributed by atoms with Crippen LogP contribution in [0.5, 0.6) is 17.2 Å². The Morgan fingerprint density at radius 2 is 1.84 bits per heavy atom. The van der Waals surface area contributed by atoms with Crippen LogP contribution < -0.4 is 14.2 Å². The van der Waals surface area contributed by atoms with Gasteiger partial charge in [-0.1, -0.05) is 11.8 Å². The molecule has 6 nitrogen and oxygen atoms in total. The van der Waals surface area contributed by atoms with Crippen LogP contribution in [0.15, 0.2) is 28.6 Å². The molecule has 0 radical (unpaired) electrons. The minimum absolute atomic E-state index is 0.112. The Bertz CT molecular complexity index is 821. The van der Waals surface area contributed by atoms with Crippen molar-refractivity contribution in [3.05, 3.63) is 39.2 Å². The number of ketones is 1. The summed E-state index contributed by atoms with van der Waals surface area (Å²) >= 11 is 2.54. The van der Waals surface area contributed by atoms with Gasteiger partial charge in [-0.2, -0.15) is 0 Å². The fourth-order valence-electron chi connectivity index (χ4n) is 2.53. The summed E-state index contributed by atoms with van der Waals surface area (Å²) in [5.74, 6) is 0.800. The first-order chi connectivity index (χ1) is 12.1. The molecule has 1 unspecified atom stereocenters. The fraction of sp³-hybridized carbons (Fsp3) is 0.235. The zero-order valence-electron chi connectivity index (χ0n) is 13.9. The highest BCUT2D eigenvalue weighted by molar-refractivity contribution is 8.19. The molecule has 1 aliphatic rings. The molecular weight excluding hydrogens is 360 g/mol. The predicted octanol–water partition coefficient (Wildman–Crippen LogP) is 3.59. The second kappa shape index (κ2) is 7.28. The van der Waals surface area contributed by atoms with Crippen LogP contribution in [-0.2, 0) is 4.79 Å². The van der Waals surface area contributed by atoms with Gasteiger partial charge in [0.25, 0.3) is 0 Å². The first-order valence-electron chi connectivity index (χ1n) is 7.30. The van der Waals surface area contributed by atoms with Gasteiger partial charge in [0.1, 0.15) is 10.9 Å². The van der Waals surface area contributed by atoms with Gasteiger partial charge in [-0.05, 0) is 23.8 Å². The van der Waals surface area contributed by atoms with Crippen molar-refractivity contribution in [3.63, 3.8) is 0 Å². The second-order valence-corrected chi connectivity index (χ2v) is 7.11. The summed E-state index contributed by atoms with van der Waals surface area (Å²) in [6.45, 7) is 0. The average Bonchev–Trinajstić information content (AvgIpc) is 3.22. The van der Waals surface area contributed by atoms with Crippen LogP contribution in [0.1, 0.15) is 16.5 Å². The molecule has 1 aliphatic heterocycles. The van der Waals surface area contributed by atoms with Crippen LogP contribution in [0.25, 0.3) is 6.08 Å². The molecule has 1 aromatic heterocycles. The number of aromatic nitrogens is 1. The third-order valence-electron chi connectivity index (χ3n) is 3.67. The number of hydrogen-bond acceptors (Lipinski definition) is 8. The van der Waals surface area contributed by atoms with Crippen LogP contribution in [-0.4, -0.2) is 37.1 Å². The summed E-state index contributed by atoms with van der Waals surface area (Å²) < 4.78 is 16.0. The van der Waals surface area contributed by atoms with Gasteiger partial charge in [0.05, 0.1) is 31.3 Å². The van der Waals surface area contributed by atoms with Gasteiger partial charge >= 0.3 is 0 Å². The summed E-state index contributed by atoms with van der Waals surface area (Å²) in [6.07, 6.45) is 3.38. The van der Waals surface area contributed by atoms with Crippen LogP contribution in [0.4, 0.5) is 0 Å². The molecule has 1 fully saturated rings. The second-order valence-electron chi connectivity index (χ2n) is 5.10. The van der Waals surface area contributed by atoms with E-state index in [1.165, 1.54) is 32.7 Å². The molecule has 0 bridgehead atoms. The number of Topliss-reactive ketones (excluding diaryl/α,β-unsaturated/α-hetero) is 1. The summed E-state index contributed by atoms with van der Waals surface area (Å²) in [7, 11) is 4.62. The molecule has 0 saturated carbocycles. The lowest BCUT2D eigenvalue weighted by Crippen LogP contribution is -2.11. The molecule has 2 aromatic rings. The van der Waals surface area contributed by atoms with Crippen molar-refractivity contribution in [2.75, 3.05) is 21.3 Å². The molecule has 1 saturated heterocycles. The minimum atomic E-state index is -0.599. The maximum absolute atomic E-state index is 12.7. The monoisotopic (exact) mass is 376 g/mol. The van der Waals surface area contributed by atoms with E-state index in [2.05, 4.69) is 4.98 Å². The quantitative estimate of drug-likeness (QED) is 0.803. The highest BCUT2D eigenvalue weighted by atomic mass is 32.2. The number of thioether (sulfide) groups is 1. The predicted molar refractivity (Wildman–Crippen MR) is 99.3 cm³/mol. The summed E-state index contributed by atoms with van der Waals surface area (Å²) in [6, 6.07) is 3.53. The van der Waals surface area contributed by atoms with Crippen LogP contribution in [0, 0.1) is 5.41 Å². The van der Waals surface area contributed by atoms with E-state index in [9.17, 15) is 4.79 Å². The lowest BCUT2D eigenvalue weighted by atomic mass is 10.0. The minimum Gasteiger partial charge on any atom is -0.493 e. The van der Waals surface area contributed by atoms with E-state index >= 15 is 0 Å². The van der Waals surface area contributed by atoms with Gasteiger partial charge in [0, 0.05) is 11.6 Å². The number of ether oxygens (including phenoxy) is 3. The number of thiazole rings is 1. The SMILES string of the molecule is COc1cc(C=C2SC(=N)C(c3nccs3)C2=O)cc(OC)c1OC. The highest BCUT2D eigenvalue weighted by Gasteiger charge is 2.38. The van der Waals surface area contributed by atoms with Crippen LogP contribution in [0.2, 0.25) is 0 Å². The Labute approximate surface area is 153 Å². The van der Waals surface area contributed by atoms with E-state index in [0.29, 0.717) is 32.2 Å². The molecule has 8 heteroatoms. The van der Waals surface area contributed by atoms with Crippen molar-refractivity contribution in [3.8, 4) is 17.2 Å². The van der Waals surface area contributed by atoms with Crippen molar-refractivity contribution in [2.24, 2.45) is 0 Å². The number of nitrogens with zero attached hydrogens (tertiary/aromatic N) is 1. The molecule has 1 atom stereocenters. The van der Waals surface area contributed by atoms with Crippen molar-refractivity contribution in [1.82, 2.24) is 4.98 Å². The summed E-state index contributed by atoms with van der Waals surface area (Å²) in [5, 5.41) is 10.9. The zero-order valence-corrected chi connectivity index (χ0v) is 15.5. The molecule has 25 heavy (non-hydrogen) atoms. The third kappa shape index (κ3) is 3.27. The third-order valence-corrected chi connectivity index (χ3v) is 5.51. The summed E-state index contributed by atoms with van der Waals surface area (Å²) in [5.41, 5.74) is 0.734. The van der Waals surface area contributed by atoms with Crippen molar-refractivity contribution >= 4 is 40.0 Å². The van der Waals surface area contributed by atoms with Crippen LogP contribution >= 0.6 is 23.1 Å². The Morgan fingerprint density at radius 1 is 1.16 bits per heavy atom. The molecule has 0 aliphatic carbocycles. The number of allylic oxidation sites excluding steroid dienone is 1. The maximum atomic E-state index is 12.7. The molecule has 3 rings (SSSR count). The largest absolute Gasteiger partial charge is 0.493 e. The van der Waals surface area contributed by atoms with Crippen molar-refractivity contribution in [2.45, 2.75) is 5.92 Å². The molecule has 1 aromatic carbocycles. The van der Waals surface area contributed by atoms with E-state index in [-0.39, 0.29) is 5.78 Å². The van der Waals surface area contributed by atoms with Gasteiger partial charge in [-0.3, -0.25) is 10.2 Å². The number of nitrogens with one attached hydrogen (secondary N) is 1. The zero-order chi connectivity index (χ0) is 18.0. The van der Waals surface area contributed by atoms with E-state index in [4.69, 9.17) is 19.6 Å². The number of hydrogen-bond donors (Lipinski definition) is 1. The van der Waals surface area contributed by atoms with Gasteiger partial charge in [0.2, 0.25) is 5.75 Å². The van der Waals surface area contributed by atoms with Gasteiger partial charge in [-0.25, -0.2) is 4.98 Å². The van der Waals surface area contributed by atoms with Gasteiger partial charge in [0.15, 0.2) is 17.3 Å². The summed E-state index contributed by atoms with van der Waals surface area (Å²) in [4.78, 5) is 17.4. The van der Waals surface area contributed by atoms with Gasteiger partial charge in [-0.15, -0.1) is 11.3 Å². The number of carbonyl (C=O) groups excluding carboxylic acids is 1. The molecule has 130 valence electrons. The molecular formula is C17H16N2O4S2. The fourth-order valence-corrected chi connectivity index (χ4v) is 4.33. The van der Waals surface area contributed by atoms with Gasteiger partial charge < -0.3 is 14.2 Å². The Balaban J connectivity index is 1.98. The maximum Gasteiger partial charge on any atom is 0.203 e. The molecule has 0 amide bonds. The normalized spacial score (nSPS) is 18.7. The highest BCUT2D eigenvalue weighted by Crippen LogP contribution is 2.43. The Kier molecular flexibility index (Phi) is 5.10. The Morgan fingerprint density at radius 3 is 2.36 bits per heavy atom. The number of benzene rings is 1. The lowest BCUT2D eigenvalue weighted by Gasteiger charge is -2.13. The lowest BCUT2D eigenvalue weighted by molar-refractivity contribution is -0.114. The standard InChI is InChI=1S/C17H16N2O4S2/c1-21-10-6-9(7-11(22-2)15(10)23-3)8-12-14(20)13(16(18)25-12)17-19-4-5-24-17/h4-8,13,18H,1-3H3. The average molecular weight is 376 g/mol. The van der Waals surface area contributed by atoms with E-state index in [0.717, 1.165) is 17.3 Å². The van der Waals surface area contributed by atoms with Crippen molar-refractivity contribution in [1.29, 1.82) is 5.41 Å². The van der Waals surface area contributed by atoms with Crippen molar-refractivity contribution < 1.29 is 19.0 Å². The smallest absolute Gasteiger partial charge is 0.203 e. The Hall–Kier alpha value is -2.32. The number of methoxy groups -OCH3 is 3. The van der Waals surface area contributed by atoms with E-state index in [1.807, 2.05) is 5.38 Å². The number of rotatable bonds is 5. The molecule has 1 N–H and O–H groups in total. The number of carbonyl (C=O) groups is 1. The first-order valence-corrected chi connectivity index (χ1v) is 9.00. The van der Waals surface area contributed by atoms with E-state index in [1.54, 1.807) is 24.4 Å². The van der Waals surface area contributed by atoms with Crippen LogP contribution in [0.3, 0.4) is 0 Å². The molecule has 0 spiro atoms. The first kappa shape index (κ1) is 17.5. The van der Waals surface area contributed by atoms with E-state index < -0.39 is 5.92 Å².